The lowest BCUT2D eigenvalue weighted by Crippen LogP contribution is -2.33. The molecule has 0 saturated carbocycles. The topological polar surface area (TPSA) is 91.3 Å². The molecule has 1 aromatic carbocycles. The minimum Gasteiger partial charge on any atom is -0.347 e. The average molecular weight is 425 g/mol. The molecule has 28 heavy (non-hydrogen) atoms. The van der Waals surface area contributed by atoms with Gasteiger partial charge in [-0.2, -0.15) is 15.0 Å². The number of halogens is 1. The van der Waals surface area contributed by atoms with Crippen LogP contribution in [-0.4, -0.2) is 50.6 Å². The molecule has 2 heterocycles. The predicted molar refractivity (Wildman–Crippen MR) is 110 cm³/mol. The number of hydrogen-bond acceptors (Lipinski definition) is 7. The van der Waals surface area contributed by atoms with E-state index >= 15 is 0 Å². The largest absolute Gasteiger partial charge is 0.347 e. The molecule has 1 fully saturated rings. The lowest BCUT2D eigenvalue weighted by molar-refractivity contribution is 0.563. The Morgan fingerprint density at radius 2 is 1.86 bits per heavy atom. The highest BCUT2D eigenvalue weighted by Gasteiger charge is 2.19. The van der Waals surface area contributed by atoms with E-state index in [4.69, 9.17) is 11.6 Å². The van der Waals surface area contributed by atoms with E-state index in [2.05, 4.69) is 24.6 Å². The van der Waals surface area contributed by atoms with Crippen molar-refractivity contribution in [3.05, 3.63) is 34.6 Å². The Hall–Kier alpha value is -1.97. The van der Waals surface area contributed by atoms with Crippen molar-refractivity contribution in [1.82, 2.24) is 19.7 Å². The number of benzene rings is 1. The van der Waals surface area contributed by atoms with E-state index < -0.39 is 10.0 Å². The van der Waals surface area contributed by atoms with Gasteiger partial charge in [0.05, 0.1) is 11.4 Å². The molecule has 0 spiro atoms. The Balaban J connectivity index is 1.82. The van der Waals surface area contributed by atoms with Gasteiger partial charge in [-0.1, -0.05) is 17.7 Å². The Bertz CT molecular complexity index is 945. The first-order valence-corrected chi connectivity index (χ1v) is 11.1. The summed E-state index contributed by atoms with van der Waals surface area (Å²) in [5.74, 6) is 1.47. The van der Waals surface area contributed by atoms with Crippen LogP contribution in [0.1, 0.15) is 30.7 Å². The standard InChI is InChI=1S/C18H25ClN6O2S/c1-13-7-8-14(11-15(13)19)28(26,27)20-12-16-21-17(24(2)3)23-18(22-16)25-9-5-4-6-10-25/h7-8,11,20H,4-6,9-10,12H2,1-3H3. The van der Waals surface area contributed by atoms with Crippen molar-refractivity contribution in [2.75, 3.05) is 37.0 Å². The van der Waals surface area contributed by atoms with Crippen molar-refractivity contribution in [3.63, 3.8) is 0 Å². The summed E-state index contributed by atoms with van der Waals surface area (Å²) in [5.41, 5.74) is 0.819. The summed E-state index contributed by atoms with van der Waals surface area (Å²) in [6, 6.07) is 4.65. The molecule has 3 rings (SSSR count). The minimum absolute atomic E-state index is 0.0297. The highest BCUT2D eigenvalue weighted by atomic mass is 35.5. The van der Waals surface area contributed by atoms with Gasteiger partial charge in [0, 0.05) is 32.2 Å². The molecule has 0 bridgehead atoms. The molecule has 0 atom stereocenters. The van der Waals surface area contributed by atoms with Crippen molar-refractivity contribution in [2.24, 2.45) is 0 Å². The Labute approximate surface area is 171 Å². The molecule has 10 heteroatoms. The maximum atomic E-state index is 12.6. The van der Waals surface area contributed by atoms with Crippen LogP contribution in [-0.2, 0) is 16.6 Å². The second kappa shape index (κ2) is 8.59. The average Bonchev–Trinajstić information content (AvgIpc) is 2.69. The van der Waals surface area contributed by atoms with E-state index in [-0.39, 0.29) is 11.4 Å². The van der Waals surface area contributed by atoms with Crippen LogP contribution in [0, 0.1) is 6.92 Å². The van der Waals surface area contributed by atoms with Gasteiger partial charge in [-0.05, 0) is 43.9 Å². The summed E-state index contributed by atoms with van der Waals surface area (Å²) in [7, 11) is -0.0410. The molecule has 0 radical (unpaired) electrons. The van der Waals surface area contributed by atoms with Crippen molar-refractivity contribution >= 4 is 33.5 Å². The lowest BCUT2D eigenvalue weighted by Gasteiger charge is -2.27. The summed E-state index contributed by atoms with van der Waals surface area (Å²) in [4.78, 5) is 17.4. The van der Waals surface area contributed by atoms with E-state index in [1.807, 2.05) is 21.0 Å². The molecule has 2 aromatic rings. The number of aryl methyl sites for hydroxylation is 1. The molecule has 1 N–H and O–H groups in total. The molecule has 0 unspecified atom stereocenters. The van der Waals surface area contributed by atoms with Gasteiger partial charge in [0.15, 0.2) is 5.82 Å². The number of hydrogen-bond donors (Lipinski definition) is 1. The SMILES string of the molecule is Cc1ccc(S(=O)(=O)NCc2nc(N(C)C)nc(N3CCCCC3)n2)cc1Cl. The highest BCUT2D eigenvalue weighted by molar-refractivity contribution is 7.89. The molecule has 152 valence electrons. The van der Waals surface area contributed by atoms with Gasteiger partial charge in [-0.3, -0.25) is 0 Å². The predicted octanol–water partition coefficient (Wildman–Crippen LogP) is 2.37. The number of sulfonamides is 1. The fourth-order valence-electron chi connectivity index (χ4n) is 2.89. The molecule has 1 saturated heterocycles. The maximum Gasteiger partial charge on any atom is 0.241 e. The van der Waals surface area contributed by atoms with Crippen LogP contribution in [0.2, 0.25) is 5.02 Å². The second-order valence-corrected chi connectivity index (χ2v) is 9.20. The van der Waals surface area contributed by atoms with E-state index in [0.29, 0.717) is 22.7 Å². The third-order valence-corrected chi connectivity index (χ3v) is 6.38. The quantitative estimate of drug-likeness (QED) is 0.760. The Morgan fingerprint density at radius 1 is 1.14 bits per heavy atom. The van der Waals surface area contributed by atoms with Crippen molar-refractivity contribution in [3.8, 4) is 0 Å². The summed E-state index contributed by atoms with van der Waals surface area (Å²) >= 11 is 6.06. The van der Waals surface area contributed by atoms with Crippen molar-refractivity contribution in [1.29, 1.82) is 0 Å². The van der Waals surface area contributed by atoms with Gasteiger partial charge in [-0.25, -0.2) is 13.1 Å². The van der Waals surface area contributed by atoms with E-state index in [9.17, 15) is 8.42 Å². The summed E-state index contributed by atoms with van der Waals surface area (Å²) < 4.78 is 27.8. The fraction of sp³-hybridized carbons (Fsp3) is 0.500. The smallest absolute Gasteiger partial charge is 0.241 e. The maximum absolute atomic E-state index is 12.6. The Morgan fingerprint density at radius 3 is 2.50 bits per heavy atom. The zero-order chi connectivity index (χ0) is 20.3. The molecule has 1 aliphatic heterocycles. The number of piperidine rings is 1. The Kier molecular flexibility index (Phi) is 6.36. The second-order valence-electron chi connectivity index (χ2n) is 7.03. The first-order chi connectivity index (χ1) is 13.3. The molecule has 8 nitrogen and oxygen atoms in total. The van der Waals surface area contributed by atoms with Crippen LogP contribution in [0.4, 0.5) is 11.9 Å². The fourth-order valence-corrected chi connectivity index (χ4v) is 4.14. The van der Waals surface area contributed by atoms with Crippen LogP contribution in [0.25, 0.3) is 0 Å². The number of anilines is 2. The minimum atomic E-state index is -3.73. The highest BCUT2D eigenvalue weighted by Crippen LogP contribution is 2.21. The van der Waals surface area contributed by atoms with Gasteiger partial charge >= 0.3 is 0 Å². The monoisotopic (exact) mass is 424 g/mol. The van der Waals surface area contributed by atoms with Gasteiger partial charge in [-0.15, -0.1) is 0 Å². The van der Waals surface area contributed by atoms with Crippen LogP contribution >= 0.6 is 11.6 Å². The van der Waals surface area contributed by atoms with Crippen LogP contribution < -0.4 is 14.5 Å². The molecule has 1 aliphatic rings. The van der Waals surface area contributed by atoms with E-state index in [1.54, 1.807) is 11.0 Å². The molecule has 0 amide bonds. The molecular formula is C18H25ClN6O2S. The molecule has 1 aromatic heterocycles. The number of rotatable bonds is 6. The first-order valence-electron chi connectivity index (χ1n) is 9.19. The van der Waals surface area contributed by atoms with Crippen LogP contribution in [0.3, 0.4) is 0 Å². The lowest BCUT2D eigenvalue weighted by atomic mass is 10.1. The number of nitrogens with one attached hydrogen (secondary N) is 1. The zero-order valence-electron chi connectivity index (χ0n) is 16.3. The number of nitrogens with zero attached hydrogens (tertiary/aromatic N) is 5. The number of aromatic nitrogens is 3. The van der Waals surface area contributed by atoms with Crippen LogP contribution in [0.15, 0.2) is 23.1 Å². The van der Waals surface area contributed by atoms with E-state index in [0.717, 1.165) is 31.5 Å². The normalized spacial score (nSPS) is 14.9. The van der Waals surface area contributed by atoms with Gasteiger partial charge in [0.1, 0.15) is 0 Å². The van der Waals surface area contributed by atoms with Crippen molar-refractivity contribution < 1.29 is 8.42 Å². The first kappa shape index (κ1) is 20.8. The van der Waals surface area contributed by atoms with Gasteiger partial charge < -0.3 is 9.80 Å². The van der Waals surface area contributed by atoms with Gasteiger partial charge in [0.2, 0.25) is 21.9 Å². The van der Waals surface area contributed by atoms with E-state index in [1.165, 1.54) is 18.6 Å². The zero-order valence-corrected chi connectivity index (χ0v) is 17.9. The summed E-state index contributed by atoms with van der Waals surface area (Å²) in [6.45, 7) is 3.58. The van der Waals surface area contributed by atoms with Crippen LogP contribution in [0.5, 0.6) is 0 Å². The third kappa shape index (κ3) is 4.89. The molecular weight excluding hydrogens is 400 g/mol. The van der Waals surface area contributed by atoms with Gasteiger partial charge in [0.25, 0.3) is 0 Å². The molecule has 0 aliphatic carbocycles. The van der Waals surface area contributed by atoms with Crippen molar-refractivity contribution in [2.45, 2.75) is 37.6 Å². The third-order valence-electron chi connectivity index (χ3n) is 4.57. The summed E-state index contributed by atoms with van der Waals surface area (Å²) in [5, 5.41) is 0.408. The summed E-state index contributed by atoms with van der Waals surface area (Å²) in [6.07, 6.45) is 3.39.